The molecule has 1 aromatic carbocycles. The Hall–Kier alpha value is -1.75. The summed E-state index contributed by atoms with van der Waals surface area (Å²) in [5.41, 5.74) is 1.45. The summed E-state index contributed by atoms with van der Waals surface area (Å²) >= 11 is 0. The van der Waals surface area contributed by atoms with Gasteiger partial charge in [-0.3, -0.25) is 4.79 Å². The third-order valence-corrected chi connectivity index (χ3v) is 10.8. The van der Waals surface area contributed by atoms with Crippen LogP contribution in [0.25, 0.3) is 11.0 Å². The van der Waals surface area contributed by atoms with E-state index < -0.39 is 5.60 Å². The predicted octanol–water partition coefficient (Wildman–Crippen LogP) is 5.41. The molecule has 0 saturated heterocycles. The number of aliphatic hydroxyl groups is 1. The summed E-state index contributed by atoms with van der Waals surface area (Å²) in [7, 11) is 0. The number of benzene rings is 1. The molecule has 5 heteroatoms. The fraction of sp³-hybridized carbons (Fsp3) is 0.750. The van der Waals surface area contributed by atoms with Crippen LogP contribution in [0.4, 0.5) is 0 Å². The highest BCUT2D eigenvalue weighted by Gasteiger charge is 2.58. The lowest BCUT2D eigenvalue weighted by Gasteiger charge is -2.57. The first-order valence-electron chi connectivity index (χ1n) is 13.5. The molecule has 178 valence electrons. The number of Topliss-reactive ketones (excluding diaryl/α,β-unsaturated/α-hetero) is 1. The maximum Gasteiger partial charge on any atom is 0.159 e. The molecular weight excluding hydrogens is 410 g/mol. The van der Waals surface area contributed by atoms with E-state index in [2.05, 4.69) is 24.0 Å². The number of carbonyl (C=O) groups excluding carboxylic acids is 1. The van der Waals surface area contributed by atoms with Crippen molar-refractivity contribution in [2.45, 2.75) is 90.2 Å². The molecule has 4 fully saturated rings. The van der Waals surface area contributed by atoms with E-state index in [1.54, 1.807) is 4.80 Å². The highest BCUT2D eigenvalue weighted by atomic mass is 16.3. The van der Waals surface area contributed by atoms with Gasteiger partial charge in [-0.15, -0.1) is 0 Å². The molecule has 1 heterocycles. The minimum Gasteiger partial charge on any atom is -0.390 e. The van der Waals surface area contributed by atoms with Crippen molar-refractivity contribution in [3.05, 3.63) is 24.3 Å². The zero-order valence-electron chi connectivity index (χ0n) is 20.2. The van der Waals surface area contributed by atoms with Gasteiger partial charge >= 0.3 is 0 Å². The Labute approximate surface area is 197 Å². The smallest absolute Gasteiger partial charge is 0.159 e. The van der Waals surface area contributed by atoms with Crippen molar-refractivity contribution >= 4 is 16.8 Å². The zero-order valence-corrected chi connectivity index (χ0v) is 20.2. The minimum atomic E-state index is -0.409. The number of aromatic nitrogens is 3. The third kappa shape index (κ3) is 3.48. The van der Waals surface area contributed by atoms with E-state index in [1.165, 1.54) is 38.5 Å². The van der Waals surface area contributed by atoms with E-state index in [9.17, 15) is 9.90 Å². The minimum absolute atomic E-state index is 0.135. The van der Waals surface area contributed by atoms with Crippen LogP contribution in [0.5, 0.6) is 0 Å². The lowest BCUT2D eigenvalue weighted by atomic mass is 9.48. The number of carbonyl (C=O) groups is 1. The van der Waals surface area contributed by atoms with Gasteiger partial charge in [-0.25, -0.2) is 0 Å². The van der Waals surface area contributed by atoms with Crippen LogP contribution in [0.2, 0.25) is 0 Å². The maximum absolute atomic E-state index is 13.5. The number of ketones is 1. The molecule has 1 N–H and O–H groups in total. The molecule has 2 aromatic rings. The lowest BCUT2D eigenvalue weighted by molar-refractivity contribution is -0.133. The number of rotatable bonds is 4. The van der Waals surface area contributed by atoms with Gasteiger partial charge in [0.1, 0.15) is 17.6 Å². The van der Waals surface area contributed by atoms with Crippen LogP contribution in [0.3, 0.4) is 0 Å². The number of hydrogen-bond acceptors (Lipinski definition) is 4. The Kier molecular flexibility index (Phi) is 5.21. The van der Waals surface area contributed by atoms with E-state index in [0.717, 1.165) is 54.5 Å². The molecule has 4 aliphatic carbocycles. The monoisotopic (exact) mass is 449 g/mol. The Morgan fingerprint density at radius 2 is 1.73 bits per heavy atom. The van der Waals surface area contributed by atoms with E-state index in [0.29, 0.717) is 24.2 Å². The normalized spacial score (nSPS) is 42.5. The average Bonchev–Trinajstić information content (AvgIpc) is 3.38. The van der Waals surface area contributed by atoms with Gasteiger partial charge in [0, 0.05) is 5.92 Å². The summed E-state index contributed by atoms with van der Waals surface area (Å²) < 4.78 is 0. The molecule has 5 nitrogen and oxygen atoms in total. The number of fused-ring (bicyclic) bond motifs is 6. The van der Waals surface area contributed by atoms with Gasteiger partial charge in [-0.1, -0.05) is 26.0 Å². The number of nitrogens with zero attached hydrogens (tertiary/aromatic N) is 3. The summed E-state index contributed by atoms with van der Waals surface area (Å²) in [6.07, 6.45) is 11.4. The van der Waals surface area contributed by atoms with Crippen LogP contribution < -0.4 is 0 Å². The second-order valence-corrected chi connectivity index (χ2v) is 12.1. The van der Waals surface area contributed by atoms with Crippen molar-refractivity contribution in [3.8, 4) is 0 Å². The van der Waals surface area contributed by atoms with Gasteiger partial charge in [0.2, 0.25) is 0 Å². The van der Waals surface area contributed by atoms with Crippen LogP contribution in [0.1, 0.15) is 78.1 Å². The summed E-state index contributed by atoms with van der Waals surface area (Å²) in [5, 5.41) is 20.0. The molecule has 0 spiro atoms. The molecule has 1 aromatic heterocycles. The standard InChI is InChI=1S/C28H39N3O2/c1-3-28(33)15-13-19-18(16-28)8-9-21-20(19)12-14-27(2)22(21)10-11-23(27)26(32)17-31-29-24-6-4-5-7-25(24)30-31/h4-7,18-23,33H,3,8-17H2,1-2H3/t18-,19-,20+,21+,22-,23+,27-,28+/m0/s1. The van der Waals surface area contributed by atoms with Crippen molar-refractivity contribution < 1.29 is 9.90 Å². The lowest BCUT2D eigenvalue weighted by Crippen LogP contribution is -2.51. The second-order valence-electron chi connectivity index (χ2n) is 12.1. The first-order chi connectivity index (χ1) is 15.9. The van der Waals surface area contributed by atoms with Gasteiger partial charge in [0.25, 0.3) is 0 Å². The van der Waals surface area contributed by atoms with Crippen LogP contribution in [0, 0.1) is 40.9 Å². The van der Waals surface area contributed by atoms with E-state index >= 15 is 0 Å². The summed E-state index contributed by atoms with van der Waals surface area (Å²) in [6, 6.07) is 7.85. The molecular formula is C28H39N3O2. The van der Waals surface area contributed by atoms with E-state index in [4.69, 9.17) is 0 Å². The van der Waals surface area contributed by atoms with Crippen molar-refractivity contribution in [1.82, 2.24) is 15.0 Å². The third-order valence-electron chi connectivity index (χ3n) is 10.8. The van der Waals surface area contributed by atoms with Crippen molar-refractivity contribution in [3.63, 3.8) is 0 Å². The SMILES string of the molecule is CC[C@@]1(O)CC[C@H]2[C@@H](CC[C@@H]3[C@@H]2CC[C@]2(C)[C@@H](C(=O)Cn4nc5ccccc5n4)CC[C@@H]32)C1. The molecule has 33 heavy (non-hydrogen) atoms. The van der Waals surface area contributed by atoms with Crippen LogP contribution in [0.15, 0.2) is 24.3 Å². The highest BCUT2D eigenvalue weighted by Crippen LogP contribution is 2.64. The molecule has 4 aliphatic rings. The first kappa shape index (κ1) is 21.8. The fourth-order valence-corrected chi connectivity index (χ4v) is 9.04. The molecule has 0 radical (unpaired) electrons. The van der Waals surface area contributed by atoms with Crippen LogP contribution >= 0.6 is 0 Å². The Balaban J connectivity index is 1.17. The van der Waals surface area contributed by atoms with Crippen LogP contribution in [-0.2, 0) is 11.3 Å². The largest absolute Gasteiger partial charge is 0.390 e. The first-order valence-corrected chi connectivity index (χ1v) is 13.5. The predicted molar refractivity (Wildman–Crippen MR) is 128 cm³/mol. The van der Waals surface area contributed by atoms with E-state index in [-0.39, 0.29) is 11.3 Å². The average molecular weight is 450 g/mol. The molecule has 8 atom stereocenters. The molecule has 4 saturated carbocycles. The van der Waals surface area contributed by atoms with Gasteiger partial charge < -0.3 is 5.11 Å². The number of hydrogen-bond donors (Lipinski definition) is 1. The molecule has 0 bridgehead atoms. The van der Waals surface area contributed by atoms with Gasteiger partial charge in [0.05, 0.1) is 5.60 Å². The quantitative estimate of drug-likeness (QED) is 0.678. The second kappa shape index (κ2) is 7.90. The van der Waals surface area contributed by atoms with E-state index in [1.807, 2.05) is 24.3 Å². The van der Waals surface area contributed by atoms with Crippen molar-refractivity contribution in [1.29, 1.82) is 0 Å². The molecule has 0 amide bonds. The van der Waals surface area contributed by atoms with Crippen molar-refractivity contribution in [2.75, 3.05) is 0 Å². The van der Waals surface area contributed by atoms with Crippen molar-refractivity contribution in [2.24, 2.45) is 40.9 Å². The Bertz CT molecular complexity index is 1020. The Morgan fingerprint density at radius 1 is 1.00 bits per heavy atom. The van der Waals surface area contributed by atoms with Crippen LogP contribution in [-0.4, -0.2) is 31.5 Å². The molecule has 6 rings (SSSR count). The van der Waals surface area contributed by atoms with Gasteiger partial charge in [-0.2, -0.15) is 15.0 Å². The van der Waals surface area contributed by atoms with Gasteiger partial charge in [0.15, 0.2) is 5.78 Å². The zero-order chi connectivity index (χ0) is 22.8. The summed E-state index contributed by atoms with van der Waals surface area (Å²) in [5.74, 6) is 4.27. The summed E-state index contributed by atoms with van der Waals surface area (Å²) in [6.45, 7) is 4.88. The Morgan fingerprint density at radius 3 is 2.45 bits per heavy atom. The molecule has 0 unspecified atom stereocenters. The van der Waals surface area contributed by atoms with Gasteiger partial charge in [-0.05, 0) is 111 Å². The fourth-order valence-electron chi connectivity index (χ4n) is 9.04. The maximum atomic E-state index is 13.5. The molecule has 0 aliphatic heterocycles. The topological polar surface area (TPSA) is 68.0 Å². The summed E-state index contributed by atoms with van der Waals surface area (Å²) in [4.78, 5) is 15.1. The highest BCUT2D eigenvalue weighted by molar-refractivity contribution is 5.82.